The summed E-state index contributed by atoms with van der Waals surface area (Å²) in [5, 5.41) is 0. The fraction of sp³-hybridized carbons (Fsp3) is 0.0625. The van der Waals surface area contributed by atoms with Crippen LogP contribution < -0.4 is 0 Å². The summed E-state index contributed by atoms with van der Waals surface area (Å²) in [6.07, 6.45) is 0. The quantitative estimate of drug-likeness (QED) is 0.0726. The molecule has 0 saturated heterocycles. The second-order valence-electron chi connectivity index (χ2n) is 9.48. The number of hydrogen-bond acceptors (Lipinski definition) is 7. The van der Waals surface area contributed by atoms with E-state index in [1.807, 2.05) is 60.7 Å². The first-order valence-corrected chi connectivity index (χ1v) is 15.2. The molecule has 0 N–H and O–H groups in total. The summed E-state index contributed by atoms with van der Waals surface area (Å²) in [5.41, 5.74) is 6.54. The molecule has 39 heavy (non-hydrogen) atoms. The van der Waals surface area contributed by atoms with Crippen molar-refractivity contribution in [2.45, 2.75) is 46.6 Å². The van der Waals surface area contributed by atoms with Crippen molar-refractivity contribution in [1.29, 1.82) is 0 Å². The van der Waals surface area contributed by atoms with Gasteiger partial charge in [-0.1, -0.05) is 48.5 Å². The van der Waals surface area contributed by atoms with E-state index in [0.717, 1.165) is 73.2 Å². The molecule has 5 aromatic rings. The molecule has 0 radical (unpaired) electrons. The van der Waals surface area contributed by atoms with E-state index in [1.165, 1.54) is 0 Å². The normalized spacial score (nSPS) is 11.6. The molecule has 0 nitrogen and oxygen atoms in total. The van der Waals surface area contributed by atoms with Crippen LogP contribution in [0.5, 0.6) is 0 Å². The van der Waals surface area contributed by atoms with E-state index >= 15 is 0 Å². The lowest BCUT2D eigenvalue weighted by Crippen LogP contribution is -2.27. The molecule has 0 aromatic heterocycles. The average molecular weight is 635 g/mol. The minimum absolute atomic E-state index is 0.640. The summed E-state index contributed by atoms with van der Waals surface area (Å²) in [6, 6.07) is 32.8. The Balaban J connectivity index is 1.84. The van der Waals surface area contributed by atoms with Gasteiger partial charge >= 0.3 is 0 Å². The zero-order valence-electron chi connectivity index (χ0n) is 20.9. The molecule has 0 heterocycles. The highest BCUT2D eigenvalue weighted by atomic mass is 32.1. The first kappa shape index (κ1) is 29.1. The van der Waals surface area contributed by atoms with Gasteiger partial charge in [-0.15, -0.1) is 88.4 Å². The predicted octanol–water partition coefficient (Wildman–Crippen LogP) is 10.4. The molecule has 0 aliphatic rings. The van der Waals surface area contributed by atoms with Crippen molar-refractivity contribution >= 4 is 88.4 Å². The lowest BCUT2D eigenvalue weighted by atomic mass is 9.70. The second kappa shape index (κ2) is 11.8. The average Bonchev–Trinajstić information content (AvgIpc) is 2.89. The molecule has 0 atom stereocenters. The monoisotopic (exact) mass is 634 g/mol. The molecule has 0 aliphatic carbocycles. The van der Waals surface area contributed by atoms with Crippen LogP contribution in [0.4, 0.5) is 0 Å². The smallest absolute Gasteiger partial charge is 0.0445 e. The Hall–Kier alpha value is -1.45. The van der Waals surface area contributed by atoms with E-state index in [2.05, 4.69) is 56.0 Å². The topological polar surface area (TPSA) is 0 Å². The molecule has 196 valence electrons. The van der Waals surface area contributed by atoms with E-state index in [0.29, 0.717) is 0 Å². The van der Waals surface area contributed by atoms with Gasteiger partial charge in [0, 0.05) is 39.7 Å². The SMILES string of the molecule is CC(c1ccc(S)c(-c2ccccc2S)c1)(c1ccc(S)c(-c2ccccc2S)c1)c1c(S)cc(S)cc1S. The van der Waals surface area contributed by atoms with Gasteiger partial charge in [-0.2, -0.15) is 0 Å². The van der Waals surface area contributed by atoms with Gasteiger partial charge in [0.25, 0.3) is 0 Å². The van der Waals surface area contributed by atoms with Crippen molar-refractivity contribution in [3.8, 4) is 22.3 Å². The van der Waals surface area contributed by atoms with Crippen molar-refractivity contribution in [1.82, 2.24) is 0 Å². The molecular formula is C32H26S7. The number of hydrogen-bond donors (Lipinski definition) is 7. The van der Waals surface area contributed by atoms with Crippen LogP contribution in [0, 0.1) is 0 Å². The van der Waals surface area contributed by atoms with Crippen LogP contribution in [0.1, 0.15) is 23.6 Å². The summed E-state index contributed by atoms with van der Waals surface area (Å²) < 4.78 is 0. The second-order valence-corrected chi connectivity index (χ2v) is 12.9. The van der Waals surface area contributed by atoms with Gasteiger partial charge in [0.2, 0.25) is 0 Å². The third kappa shape index (κ3) is 5.56. The fourth-order valence-electron chi connectivity index (χ4n) is 5.09. The first-order valence-electron chi connectivity index (χ1n) is 12.1. The number of thiol groups is 7. The largest absolute Gasteiger partial charge is 0.143 e. The Kier molecular flexibility index (Phi) is 8.80. The molecule has 0 bridgehead atoms. The molecule has 5 aromatic carbocycles. The summed E-state index contributed by atoms with van der Waals surface area (Å²) in [4.78, 5) is 5.97. The summed E-state index contributed by atoms with van der Waals surface area (Å²) in [6.45, 7) is 2.22. The predicted molar refractivity (Wildman–Crippen MR) is 187 cm³/mol. The Morgan fingerprint density at radius 3 is 1.21 bits per heavy atom. The summed E-state index contributed by atoms with van der Waals surface area (Å²) in [5.74, 6) is 0. The Labute approximate surface area is 268 Å². The van der Waals surface area contributed by atoms with Crippen LogP contribution in [0.25, 0.3) is 22.3 Å². The Bertz CT molecular complexity index is 1590. The lowest BCUT2D eigenvalue weighted by molar-refractivity contribution is 0.658. The van der Waals surface area contributed by atoms with Gasteiger partial charge in [-0.3, -0.25) is 0 Å². The minimum Gasteiger partial charge on any atom is -0.143 e. The summed E-state index contributed by atoms with van der Waals surface area (Å²) >= 11 is 33.6. The maximum Gasteiger partial charge on any atom is 0.0445 e. The molecule has 0 unspecified atom stereocenters. The minimum atomic E-state index is -0.640. The highest BCUT2D eigenvalue weighted by Crippen LogP contribution is 2.48. The first-order chi connectivity index (χ1) is 18.6. The van der Waals surface area contributed by atoms with Crippen LogP contribution in [-0.4, -0.2) is 0 Å². The molecule has 0 fully saturated rings. The van der Waals surface area contributed by atoms with Crippen molar-refractivity contribution in [3.05, 3.63) is 114 Å². The molecule has 5 rings (SSSR count). The molecule has 0 saturated carbocycles. The van der Waals surface area contributed by atoms with E-state index in [4.69, 9.17) is 75.8 Å². The van der Waals surface area contributed by atoms with Crippen LogP contribution in [-0.2, 0) is 5.41 Å². The van der Waals surface area contributed by atoms with Crippen molar-refractivity contribution < 1.29 is 0 Å². The maximum absolute atomic E-state index is 4.94. The van der Waals surface area contributed by atoms with Crippen molar-refractivity contribution in [2.24, 2.45) is 0 Å². The molecular weight excluding hydrogens is 609 g/mol. The van der Waals surface area contributed by atoms with Crippen LogP contribution in [0.3, 0.4) is 0 Å². The number of rotatable bonds is 5. The van der Waals surface area contributed by atoms with Crippen molar-refractivity contribution in [2.75, 3.05) is 0 Å². The fourth-order valence-corrected chi connectivity index (χ4v) is 7.69. The van der Waals surface area contributed by atoms with Gasteiger partial charge < -0.3 is 0 Å². The standard InChI is InChI=1S/C32H26S7/c1-32(31-29(38)16-20(33)17-30(31)39,18-10-12-27(36)23(14-18)21-6-2-4-8-25(21)34)19-11-13-28(37)24(15-19)22-7-3-5-9-26(22)35/h2-17,33-39H,1H3. The molecule has 0 spiro atoms. The van der Waals surface area contributed by atoms with E-state index in [-0.39, 0.29) is 0 Å². The van der Waals surface area contributed by atoms with Gasteiger partial charge in [0.1, 0.15) is 0 Å². The third-order valence-electron chi connectivity index (χ3n) is 7.12. The van der Waals surface area contributed by atoms with Crippen LogP contribution >= 0.6 is 88.4 Å². The van der Waals surface area contributed by atoms with Gasteiger partial charge in [0.05, 0.1) is 0 Å². The molecule has 7 heteroatoms. The number of benzene rings is 5. The lowest BCUT2D eigenvalue weighted by Gasteiger charge is -2.35. The summed E-state index contributed by atoms with van der Waals surface area (Å²) in [7, 11) is 0. The highest BCUT2D eigenvalue weighted by molar-refractivity contribution is 7.82. The van der Waals surface area contributed by atoms with Crippen LogP contribution in [0.15, 0.2) is 131 Å². The van der Waals surface area contributed by atoms with Crippen molar-refractivity contribution in [3.63, 3.8) is 0 Å². The third-order valence-corrected chi connectivity index (χ3v) is 9.64. The Morgan fingerprint density at radius 1 is 0.410 bits per heavy atom. The highest BCUT2D eigenvalue weighted by Gasteiger charge is 2.36. The Morgan fingerprint density at radius 2 is 0.795 bits per heavy atom. The molecule has 0 amide bonds. The van der Waals surface area contributed by atoms with Gasteiger partial charge in [-0.25, -0.2) is 0 Å². The zero-order chi connectivity index (χ0) is 27.9. The van der Waals surface area contributed by atoms with Crippen LogP contribution in [0.2, 0.25) is 0 Å². The molecule has 0 aliphatic heterocycles. The van der Waals surface area contributed by atoms with Gasteiger partial charge in [-0.05, 0) is 94.4 Å². The van der Waals surface area contributed by atoms with E-state index < -0.39 is 5.41 Å². The van der Waals surface area contributed by atoms with E-state index in [1.54, 1.807) is 0 Å². The van der Waals surface area contributed by atoms with E-state index in [9.17, 15) is 0 Å². The zero-order valence-corrected chi connectivity index (χ0v) is 27.1. The van der Waals surface area contributed by atoms with Gasteiger partial charge in [0.15, 0.2) is 0 Å². The maximum atomic E-state index is 4.94.